The minimum absolute atomic E-state index is 0.0625. The standard InChI is InChI=1S/C12H7BrN2OS/c1-7-8-4-2-3-5-9(8)11(16)15(7)12-14-6-10(13)17-12/h2-6H,1H2. The van der Waals surface area contributed by atoms with Crippen LogP contribution < -0.4 is 4.90 Å². The van der Waals surface area contributed by atoms with E-state index < -0.39 is 0 Å². The third kappa shape index (κ3) is 1.54. The average molecular weight is 307 g/mol. The number of anilines is 1. The fourth-order valence-corrected chi connectivity index (χ4v) is 3.04. The van der Waals surface area contributed by atoms with Crippen LogP contribution in [0.5, 0.6) is 0 Å². The number of nitrogens with zero attached hydrogens (tertiary/aromatic N) is 2. The predicted molar refractivity (Wildman–Crippen MR) is 72.1 cm³/mol. The number of carbonyl (C=O) groups excluding carboxylic acids is 1. The van der Waals surface area contributed by atoms with Crippen LogP contribution >= 0.6 is 27.3 Å². The summed E-state index contributed by atoms with van der Waals surface area (Å²) in [5.41, 5.74) is 2.25. The summed E-state index contributed by atoms with van der Waals surface area (Å²) in [4.78, 5) is 18.0. The molecule has 3 nitrogen and oxygen atoms in total. The third-order valence-corrected chi connectivity index (χ3v) is 4.06. The minimum Gasteiger partial charge on any atom is -0.268 e. The van der Waals surface area contributed by atoms with Crippen LogP contribution in [-0.2, 0) is 0 Å². The number of fused-ring (bicyclic) bond motifs is 1. The van der Waals surface area contributed by atoms with Crippen molar-refractivity contribution in [3.63, 3.8) is 0 Å². The first-order chi connectivity index (χ1) is 8.18. The lowest BCUT2D eigenvalue weighted by Gasteiger charge is -2.12. The van der Waals surface area contributed by atoms with Crippen molar-refractivity contribution in [1.82, 2.24) is 4.98 Å². The van der Waals surface area contributed by atoms with Gasteiger partial charge in [-0.15, -0.1) is 0 Å². The maximum atomic E-state index is 12.2. The molecule has 2 aromatic rings. The summed E-state index contributed by atoms with van der Waals surface area (Å²) in [7, 11) is 0. The van der Waals surface area contributed by atoms with Crippen molar-refractivity contribution in [2.24, 2.45) is 0 Å². The normalized spacial score (nSPS) is 14.3. The van der Waals surface area contributed by atoms with Crippen molar-refractivity contribution in [3.05, 3.63) is 52.0 Å². The Labute approximate surface area is 111 Å². The second-order valence-corrected chi connectivity index (χ2v) is 5.97. The van der Waals surface area contributed by atoms with E-state index in [1.54, 1.807) is 11.1 Å². The van der Waals surface area contributed by atoms with Gasteiger partial charge in [-0.1, -0.05) is 36.1 Å². The van der Waals surface area contributed by atoms with Crippen LogP contribution in [0.3, 0.4) is 0 Å². The Kier molecular flexibility index (Phi) is 2.38. The van der Waals surface area contributed by atoms with Gasteiger partial charge in [0.2, 0.25) is 0 Å². The Balaban J connectivity index is 2.12. The molecule has 0 radical (unpaired) electrons. The molecule has 1 aliphatic rings. The SMILES string of the molecule is C=C1c2ccccc2C(=O)N1c1ncc(Br)s1. The Bertz CT molecular complexity index is 600. The maximum absolute atomic E-state index is 12.2. The largest absolute Gasteiger partial charge is 0.268 e. The van der Waals surface area contributed by atoms with Crippen molar-refractivity contribution < 1.29 is 4.79 Å². The van der Waals surface area contributed by atoms with Crippen LogP contribution in [-0.4, -0.2) is 10.9 Å². The molecule has 0 bridgehead atoms. The molecule has 2 heterocycles. The number of rotatable bonds is 1. The fourth-order valence-electron chi connectivity index (χ4n) is 1.84. The molecule has 0 aliphatic carbocycles. The summed E-state index contributed by atoms with van der Waals surface area (Å²) >= 11 is 4.76. The van der Waals surface area contributed by atoms with Gasteiger partial charge in [-0.25, -0.2) is 4.98 Å². The highest BCUT2D eigenvalue weighted by Gasteiger charge is 2.33. The quantitative estimate of drug-likeness (QED) is 0.807. The van der Waals surface area contributed by atoms with Gasteiger partial charge < -0.3 is 0 Å². The summed E-state index contributed by atoms with van der Waals surface area (Å²) in [6.07, 6.45) is 1.68. The van der Waals surface area contributed by atoms with E-state index in [-0.39, 0.29) is 5.91 Å². The first kappa shape index (κ1) is 10.7. The smallest absolute Gasteiger partial charge is 0.265 e. The molecular formula is C12H7BrN2OS. The molecule has 1 aromatic heterocycles. The number of thiazole rings is 1. The first-order valence-corrected chi connectivity index (χ1v) is 6.53. The molecular weight excluding hydrogens is 300 g/mol. The molecule has 5 heteroatoms. The van der Waals surface area contributed by atoms with Gasteiger partial charge in [0, 0.05) is 11.1 Å². The summed E-state index contributed by atoms with van der Waals surface area (Å²) in [6, 6.07) is 7.47. The van der Waals surface area contributed by atoms with E-state index in [9.17, 15) is 4.79 Å². The van der Waals surface area contributed by atoms with E-state index in [2.05, 4.69) is 27.5 Å². The van der Waals surface area contributed by atoms with Crippen LogP contribution in [0, 0.1) is 0 Å². The predicted octanol–water partition coefficient (Wildman–Crippen LogP) is 3.54. The lowest BCUT2D eigenvalue weighted by Crippen LogP contribution is -2.21. The molecule has 0 spiro atoms. The number of hydrogen-bond donors (Lipinski definition) is 0. The Hall–Kier alpha value is -1.46. The monoisotopic (exact) mass is 306 g/mol. The Morgan fingerprint density at radius 3 is 2.59 bits per heavy atom. The zero-order valence-corrected chi connectivity index (χ0v) is 11.1. The number of hydrogen-bond acceptors (Lipinski definition) is 3. The van der Waals surface area contributed by atoms with E-state index >= 15 is 0 Å². The highest BCUT2D eigenvalue weighted by Crippen LogP contribution is 2.38. The molecule has 0 saturated heterocycles. The summed E-state index contributed by atoms with van der Waals surface area (Å²) in [6.45, 7) is 3.97. The third-order valence-electron chi connectivity index (χ3n) is 2.60. The van der Waals surface area contributed by atoms with Gasteiger partial charge in [0.25, 0.3) is 5.91 Å². The summed E-state index contributed by atoms with van der Waals surface area (Å²) in [5.74, 6) is -0.0625. The highest BCUT2D eigenvalue weighted by atomic mass is 79.9. The number of carbonyl (C=O) groups is 1. The maximum Gasteiger partial charge on any atom is 0.265 e. The molecule has 0 unspecified atom stereocenters. The van der Waals surface area contributed by atoms with Crippen LogP contribution in [0.25, 0.3) is 5.70 Å². The van der Waals surface area contributed by atoms with Crippen molar-refractivity contribution in [2.75, 3.05) is 4.90 Å². The Morgan fingerprint density at radius 2 is 2.00 bits per heavy atom. The zero-order chi connectivity index (χ0) is 12.0. The average Bonchev–Trinajstić information content (AvgIpc) is 2.84. The zero-order valence-electron chi connectivity index (χ0n) is 8.68. The second-order valence-electron chi connectivity index (χ2n) is 3.58. The number of aromatic nitrogens is 1. The van der Waals surface area contributed by atoms with E-state index in [0.717, 1.165) is 9.35 Å². The fraction of sp³-hybridized carbons (Fsp3) is 0. The summed E-state index contributed by atoms with van der Waals surface area (Å²) < 4.78 is 0.893. The molecule has 1 aliphatic heterocycles. The molecule has 0 saturated carbocycles. The highest BCUT2D eigenvalue weighted by molar-refractivity contribution is 9.11. The molecule has 0 atom stereocenters. The topological polar surface area (TPSA) is 33.2 Å². The van der Waals surface area contributed by atoms with Gasteiger partial charge in [0.15, 0.2) is 5.13 Å². The van der Waals surface area contributed by atoms with Crippen LogP contribution in [0.2, 0.25) is 0 Å². The molecule has 0 fully saturated rings. The minimum atomic E-state index is -0.0625. The number of halogens is 1. The van der Waals surface area contributed by atoms with E-state index in [1.165, 1.54) is 11.3 Å². The molecule has 0 N–H and O–H groups in total. The van der Waals surface area contributed by atoms with Gasteiger partial charge in [-0.2, -0.15) is 0 Å². The molecule has 17 heavy (non-hydrogen) atoms. The van der Waals surface area contributed by atoms with E-state index in [0.29, 0.717) is 16.4 Å². The Morgan fingerprint density at radius 1 is 1.29 bits per heavy atom. The van der Waals surface area contributed by atoms with Gasteiger partial charge >= 0.3 is 0 Å². The van der Waals surface area contributed by atoms with Crippen molar-refractivity contribution in [2.45, 2.75) is 0 Å². The van der Waals surface area contributed by atoms with Crippen LogP contribution in [0.1, 0.15) is 15.9 Å². The van der Waals surface area contributed by atoms with Gasteiger partial charge in [0.05, 0.1) is 15.7 Å². The van der Waals surface area contributed by atoms with E-state index in [1.807, 2.05) is 24.3 Å². The van der Waals surface area contributed by atoms with E-state index in [4.69, 9.17) is 0 Å². The first-order valence-electron chi connectivity index (χ1n) is 4.92. The lowest BCUT2D eigenvalue weighted by atomic mass is 10.1. The van der Waals surface area contributed by atoms with Gasteiger partial charge in [-0.05, 0) is 22.0 Å². The number of benzene rings is 1. The summed E-state index contributed by atoms with van der Waals surface area (Å²) in [5, 5.41) is 0.642. The second kappa shape index (κ2) is 3.78. The van der Waals surface area contributed by atoms with Gasteiger partial charge in [0.1, 0.15) is 0 Å². The molecule has 1 amide bonds. The van der Waals surface area contributed by atoms with Crippen molar-refractivity contribution in [1.29, 1.82) is 0 Å². The van der Waals surface area contributed by atoms with Crippen molar-refractivity contribution in [3.8, 4) is 0 Å². The number of amides is 1. The van der Waals surface area contributed by atoms with Crippen molar-refractivity contribution >= 4 is 44.0 Å². The lowest BCUT2D eigenvalue weighted by molar-refractivity contribution is 0.101. The van der Waals surface area contributed by atoms with Crippen LogP contribution in [0.4, 0.5) is 5.13 Å². The molecule has 84 valence electrons. The van der Waals surface area contributed by atoms with Gasteiger partial charge in [-0.3, -0.25) is 9.69 Å². The molecule has 3 rings (SSSR count). The van der Waals surface area contributed by atoms with Crippen LogP contribution in [0.15, 0.2) is 40.8 Å². The molecule has 1 aromatic carbocycles.